The van der Waals surface area contributed by atoms with E-state index in [1.807, 2.05) is 12.2 Å². The topological polar surface area (TPSA) is 130 Å². The molecule has 1 atom stereocenters. The Balaban J connectivity index is 4.59. The Morgan fingerprint density at radius 3 is 2.26 bits per heavy atom. The second kappa shape index (κ2) is 7.72. The van der Waals surface area contributed by atoms with Crippen LogP contribution >= 0.6 is 0 Å². The van der Waals surface area contributed by atoms with Crippen LogP contribution in [-0.4, -0.2) is 55.4 Å². The second-order valence-corrected chi connectivity index (χ2v) is 6.11. The molecule has 1 unspecified atom stereocenters. The first kappa shape index (κ1) is 17.4. The van der Waals surface area contributed by atoms with Crippen molar-refractivity contribution in [3.63, 3.8) is 0 Å². The van der Waals surface area contributed by atoms with Gasteiger partial charge >= 0.3 is 5.97 Å². The number of rotatable bonds is 8. The molecule has 0 fully saturated rings. The normalized spacial score (nSPS) is 12.5. The highest BCUT2D eigenvalue weighted by Gasteiger charge is 2.27. The SMILES string of the molecule is CCCNC(=O)CS(=O)(=O)CC(NC(C)=O)C(=O)O. The van der Waals surface area contributed by atoms with Gasteiger partial charge in [-0.3, -0.25) is 9.59 Å². The fraction of sp³-hybridized carbons (Fsp3) is 0.700. The maximum absolute atomic E-state index is 11.6. The van der Waals surface area contributed by atoms with E-state index in [4.69, 9.17) is 5.11 Å². The molecule has 3 N–H and O–H groups in total. The summed E-state index contributed by atoms with van der Waals surface area (Å²) in [7, 11) is -3.91. The molecule has 0 heterocycles. The van der Waals surface area contributed by atoms with Crippen LogP contribution in [0.1, 0.15) is 20.3 Å². The highest BCUT2D eigenvalue weighted by molar-refractivity contribution is 7.92. The minimum absolute atomic E-state index is 0.350. The summed E-state index contributed by atoms with van der Waals surface area (Å²) in [6.07, 6.45) is 0.662. The van der Waals surface area contributed by atoms with Crippen LogP contribution in [0.15, 0.2) is 0 Å². The molecule has 0 bridgehead atoms. The van der Waals surface area contributed by atoms with E-state index >= 15 is 0 Å². The molecule has 0 aromatic carbocycles. The smallest absolute Gasteiger partial charge is 0.327 e. The maximum Gasteiger partial charge on any atom is 0.327 e. The van der Waals surface area contributed by atoms with Crippen molar-refractivity contribution in [2.24, 2.45) is 0 Å². The fourth-order valence-electron chi connectivity index (χ4n) is 1.25. The summed E-state index contributed by atoms with van der Waals surface area (Å²) in [6.45, 7) is 3.24. The van der Waals surface area contributed by atoms with Crippen LogP contribution in [0, 0.1) is 0 Å². The van der Waals surface area contributed by atoms with Gasteiger partial charge in [0.15, 0.2) is 9.84 Å². The molecule has 110 valence electrons. The van der Waals surface area contributed by atoms with Gasteiger partial charge in [-0.25, -0.2) is 13.2 Å². The number of nitrogens with one attached hydrogen (secondary N) is 2. The third kappa shape index (κ3) is 8.14. The number of amides is 2. The van der Waals surface area contributed by atoms with E-state index in [2.05, 4.69) is 5.32 Å². The molecule has 0 aromatic heterocycles. The first-order valence-electron chi connectivity index (χ1n) is 5.65. The van der Waals surface area contributed by atoms with Gasteiger partial charge < -0.3 is 15.7 Å². The van der Waals surface area contributed by atoms with Crippen molar-refractivity contribution in [2.45, 2.75) is 26.3 Å². The van der Waals surface area contributed by atoms with Gasteiger partial charge in [0.25, 0.3) is 0 Å². The van der Waals surface area contributed by atoms with Crippen molar-refractivity contribution in [1.29, 1.82) is 0 Å². The lowest BCUT2D eigenvalue weighted by molar-refractivity contribution is -0.140. The number of sulfone groups is 1. The van der Waals surface area contributed by atoms with E-state index in [0.717, 1.165) is 6.92 Å². The summed E-state index contributed by atoms with van der Waals surface area (Å²) in [6, 6.07) is -1.55. The summed E-state index contributed by atoms with van der Waals surface area (Å²) >= 11 is 0. The van der Waals surface area contributed by atoms with Crippen LogP contribution < -0.4 is 10.6 Å². The van der Waals surface area contributed by atoms with E-state index in [1.54, 1.807) is 0 Å². The first-order chi connectivity index (χ1) is 8.68. The molecule has 9 heteroatoms. The minimum Gasteiger partial charge on any atom is -0.480 e. The average Bonchev–Trinajstić information content (AvgIpc) is 2.23. The molecule has 19 heavy (non-hydrogen) atoms. The lowest BCUT2D eigenvalue weighted by atomic mass is 10.3. The van der Waals surface area contributed by atoms with Gasteiger partial charge in [0.05, 0.1) is 5.75 Å². The Kier molecular flexibility index (Phi) is 7.05. The number of carbonyl (C=O) groups excluding carboxylic acids is 2. The third-order valence-electron chi connectivity index (χ3n) is 2.02. The summed E-state index contributed by atoms with van der Waals surface area (Å²) in [5, 5.41) is 13.2. The van der Waals surface area contributed by atoms with E-state index < -0.39 is 45.2 Å². The second-order valence-electron chi connectivity index (χ2n) is 4.00. The number of hydrogen-bond acceptors (Lipinski definition) is 5. The van der Waals surface area contributed by atoms with Crippen molar-refractivity contribution in [3.8, 4) is 0 Å². The van der Waals surface area contributed by atoms with E-state index in [9.17, 15) is 22.8 Å². The van der Waals surface area contributed by atoms with Gasteiger partial charge in [-0.15, -0.1) is 0 Å². The molecule has 8 nitrogen and oxygen atoms in total. The van der Waals surface area contributed by atoms with Crippen LogP contribution in [0.5, 0.6) is 0 Å². The molecule has 0 saturated carbocycles. The Bertz CT molecular complexity index is 445. The highest BCUT2D eigenvalue weighted by Crippen LogP contribution is 1.97. The van der Waals surface area contributed by atoms with Crippen LogP contribution in [0.25, 0.3) is 0 Å². The Hall–Kier alpha value is -1.64. The summed E-state index contributed by atoms with van der Waals surface area (Å²) in [5.74, 6) is -4.42. The lowest BCUT2D eigenvalue weighted by Crippen LogP contribution is -2.46. The molecular formula is C10H18N2O6S. The van der Waals surface area contributed by atoms with Crippen LogP contribution in [0.3, 0.4) is 0 Å². The first-order valence-corrected chi connectivity index (χ1v) is 7.47. The van der Waals surface area contributed by atoms with Crippen molar-refractivity contribution in [3.05, 3.63) is 0 Å². The van der Waals surface area contributed by atoms with Gasteiger partial charge in [0, 0.05) is 13.5 Å². The van der Waals surface area contributed by atoms with Crippen LogP contribution in [0.4, 0.5) is 0 Å². The summed E-state index contributed by atoms with van der Waals surface area (Å²) < 4.78 is 23.3. The largest absolute Gasteiger partial charge is 0.480 e. The monoisotopic (exact) mass is 294 g/mol. The van der Waals surface area contributed by atoms with Crippen LogP contribution in [-0.2, 0) is 24.2 Å². The predicted molar refractivity (Wildman–Crippen MR) is 67.2 cm³/mol. The molecule has 0 rings (SSSR count). The third-order valence-corrected chi connectivity index (χ3v) is 3.56. The quantitative estimate of drug-likeness (QED) is 0.500. The standard InChI is InChI=1S/C10H18N2O6S/c1-3-4-11-9(14)6-19(17,18)5-8(10(15)16)12-7(2)13/h8H,3-6H2,1-2H3,(H,11,14)(H,12,13)(H,15,16). The van der Waals surface area contributed by atoms with Gasteiger partial charge in [0.1, 0.15) is 11.8 Å². The number of carbonyl (C=O) groups is 3. The Labute approximate surface area is 111 Å². The Morgan fingerprint density at radius 1 is 1.26 bits per heavy atom. The molecule has 0 saturated heterocycles. The zero-order chi connectivity index (χ0) is 15.1. The predicted octanol–water partition coefficient (Wildman–Crippen LogP) is -1.48. The Morgan fingerprint density at radius 2 is 1.84 bits per heavy atom. The van der Waals surface area contributed by atoms with Gasteiger partial charge in [-0.1, -0.05) is 6.92 Å². The number of carboxylic acids is 1. The van der Waals surface area contributed by atoms with Crippen molar-refractivity contribution < 1.29 is 27.9 Å². The minimum atomic E-state index is -3.91. The van der Waals surface area contributed by atoms with Gasteiger partial charge in [-0.05, 0) is 6.42 Å². The van der Waals surface area contributed by atoms with Crippen LogP contribution in [0.2, 0.25) is 0 Å². The van der Waals surface area contributed by atoms with E-state index in [-0.39, 0.29) is 0 Å². The number of hydrogen-bond donors (Lipinski definition) is 3. The molecule has 0 aliphatic rings. The van der Waals surface area contributed by atoms with Crippen molar-refractivity contribution >= 4 is 27.6 Å². The van der Waals surface area contributed by atoms with Gasteiger partial charge in [-0.2, -0.15) is 0 Å². The van der Waals surface area contributed by atoms with E-state index in [1.165, 1.54) is 0 Å². The maximum atomic E-state index is 11.6. The zero-order valence-electron chi connectivity index (χ0n) is 10.8. The molecule has 0 spiro atoms. The van der Waals surface area contributed by atoms with Crippen molar-refractivity contribution in [1.82, 2.24) is 10.6 Å². The highest BCUT2D eigenvalue weighted by atomic mass is 32.2. The van der Waals surface area contributed by atoms with Gasteiger partial charge in [0.2, 0.25) is 11.8 Å². The average molecular weight is 294 g/mol. The zero-order valence-corrected chi connectivity index (χ0v) is 11.6. The van der Waals surface area contributed by atoms with Crippen molar-refractivity contribution in [2.75, 3.05) is 18.1 Å². The molecular weight excluding hydrogens is 276 g/mol. The molecule has 0 radical (unpaired) electrons. The molecule has 2 amide bonds. The lowest BCUT2D eigenvalue weighted by Gasteiger charge is -2.13. The fourth-order valence-corrected chi connectivity index (χ4v) is 2.60. The summed E-state index contributed by atoms with van der Waals surface area (Å²) in [4.78, 5) is 32.8. The number of carboxylic acid groups (broad SMARTS) is 1. The molecule has 0 aliphatic heterocycles. The summed E-state index contributed by atoms with van der Waals surface area (Å²) in [5.41, 5.74) is 0. The molecule has 0 aromatic rings. The van der Waals surface area contributed by atoms with E-state index in [0.29, 0.717) is 13.0 Å². The number of aliphatic carboxylic acids is 1. The molecule has 0 aliphatic carbocycles.